The number of hydrogen-bond donors (Lipinski definition) is 1. The largest absolute Gasteiger partial charge is 0.426 e. The van der Waals surface area contributed by atoms with Crippen LogP contribution in [0.5, 0.6) is 5.75 Å². The molecule has 0 bridgehead atoms. The monoisotopic (exact) mass is 219 g/mol. The smallest absolute Gasteiger partial charge is 0.323 e. The van der Waals surface area contributed by atoms with Gasteiger partial charge in [-0.15, -0.1) is 0 Å². The molecule has 1 N–H and O–H groups in total. The van der Waals surface area contributed by atoms with E-state index in [1.807, 2.05) is 6.07 Å². The van der Waals surface area contributed by atoms with Crippen molar-refractivity contribution < 1.29 is 14.3 Å². The lowest BCUT2D eigenvalue weighted by Crippen LogP contribution is -2.41. The zero-order valence-electron chi connectivity index (χ0n) is 8.81. The van der Waals surface area contributed by atoms with Gasteiger partial charge in [0.05, 0.1) is 0 Å². The average molecular weight is 219 g/mol. The Kier molecular flexibility index (Phi) is 3.19. The number of ether oxygens (including phenoxy) is 1. The molecule has 0 spiro atoms. The Morgan fingerprint density at radius 3 is 2.75 bits per heavy atom. The molecule has 1 unspecified atom stereocenters. The zero-order chi connectivity index (χ0) is 11.4. The lowest BCUT2D eigenvalue weighted by atomic mass is 9.99. The first-order valence-corrected chi connectivity index (χ1v) is 5.32. The third kappa shape index (κ3) is 2.39. The molecule has 2 rings (SSSR count). The van der Waals surface area contributed by atoms with E-state index < -0.39 is 11.9 Å². The van der Waals surface area contributed by atoms with Crippen LogP contribution < -0.4 is 10.1 Å². The van der Waals surface area contributed by atoms with Crippen molar-refractivity contribution in [2.45, 2.75) is 12.8 Å². The number of nitrogens with one attached hydrogen (secondary N) is 1. The second-order valence-electron chi connectivity index (χ2n) is 3.72. The van der Waals surface area contributed by atoms with Gasteiger partial charge in [0.15, 0.2) is 0 Å². The van der Waals surface area contributed by atoms with E-state index in [1.165, 1.54) is 0 Å². The molecule has 1 aliphatic heterocycles. The highest BCUT2D eigenvalue weighted by atomic mass is 16.5. The highest BCUT2D eigenvalue weighted by Gasteiger charge is 2.30. The number of carbonyl (C=O) groups is 2. The van der Waals surface area contributed by atoms with Crippen molar-refractivity contribution in [2.24, 2.45) is 5.92 Å². The average Bonchev–Trinajstić information content (AvgIpc) is 2.31. The normalized spacial score (nSPS) is 20.0. The summed E-state index contributed by atoms with van der Waals surface area (Å²) in [6, 6.07) is 8.79. The first-order valence-electron chi connectivity index (χ1n) is 5.32. The van der Waals surface area contributed by atoms with Crippen LogP contribution in [0.1, 0.15) is 12.8 Å². The van der Waals surface area contributed by atoms with Gasteiger partial charge in [0.2, 0.25) is 5.91 Å². The van der Waals surface area contributed by atoms with Crippen LogP contribution in [0, 0.1) is 5.92 Å². The summed E-state index contributed by atoms with van der Waals surface area (Å²) in [5, 5.41) is 2.66. The van der Waals surface area contributed by atoms with Gasteiger partial charge in [-0.1, -0.05) is 18.2 Å². The second-order valence-corrected chi connectivity index (χ2v) is 3.72. The van der Waals surface area contributed by atoms with E-state index in [9.17, 15) is 9.59 Å². The van der Waals surface area contributed by atoms with E-state index in [0.29, 0.717) is 18.7 Å². The highest BCUT2D eigenvalue weighted by Crippen LogP contribution is 2.16. The fourth-order valence-corrected chi connectivity index (χ4v) is 1.67. The summed E-state index contributed by atoms with van der Waals surface area (Å²) in [5.41, 5.74) is 0. The van der Waals surface area contributed by atoms with Crippen molar-refractivity contribution in [1.82, 2.24) is 5.32 Å². The maximum Gasteiger partial charge on any atom is 0.323 e. The van der Waals surface area contributed by atoms with Crippen molar-refractivity contribution in [3.05, 3.63) is 30.3 Å². The van der Waals surface area contributed by atoms with Crippen molar-refractivity contribution in [2.75, 3.05) is 6.54 Å². The van der Waals surface area contributed by atoms with Crippen LogP contribution in [0.15, 0.2) is 30.3 Å². The summed E-state index contributed by atoms with van der Waals surface area (Å²) < 4.78 is 5.12. The Hall–Kier alpha value is -1.84. The maximum absolute atomic E-state index is 11.7. The molecule has 16 heavy (non-hydrogen) atoms. The molecule has 0 radical (unpaired) electrons. The van der Waals surface area contributed by atoms with E-state index in [0.717, 1.165) is 6.42 Å². The van der Waals surface area contributed by atoms with Gasteiger partial charge < -0.3 is 10.1 Å². The first-order chi connectivity index (χ1) is 7.77. The Labute approximate surface area is 93.6 Å². The fraction of sp³-hybridized carbons (Fsp3) is 0.333. The SMILES string of the molecule is O=C1NCCCC1C(=O)Oc1ccccc1. The molecule has 1 aliphatic rings. The Balaban J connectivity index is 2.00. The van der Waals surface area contributed by atoms with E-state index >= 15 is 0 Å². The quantitative estimate of drug-likeness (QED) is 0.460. The standard InChI is InChI=1S/C12H13NO3/c14-11-10(7-4-8-13-11)12(15)16-9-5-2-1-3-6-9/h1-3,5-6,10H,4,7-8H2,(H,13,14). The van der Waals surface area contributed by atoms with Crippen LogP contribution in [0.4, 0.5) is 0 Å². The third-order valence-corrected chi connectivity index (χ3v) is 2.53. The first kappa shape index (κ1) is 10.7. The van der Waals surface area contributed by atoms with Gasteiger partial charge in [0.25, 0.3) is 0 Å². The number of esters is 1. The summed E-state index contributed by atoms with van der Waals surface area (Å²) in [5.74, 6) is -0.879. The van der Waals surface area contributed by atoms with Crippen LogP contribution >= 0.6 is 0 Å². The molecule has 1 aromatic rings. The van der Waals surface area contributed by atoms with Crippen molar-refractivity contribution in [1.29, 1.82) is 0 Å². The molecule has 0 aromatic heterocycles. The minimum Gasteiger partial charge on any atom is -0.426 e. The molecule has 1 fully saturated rings. The van der Waals surface area contributed by atoms with Crippen LogP contribution in [-0.4, -0.2) is 18.4 Å². The van der Waals surface area contributed by atoms with E-state index in [1.54, 1.807) is 24.3 Å². The van der Waals surface area contributed by atoms with Gasteiger partial charge in [0.1, 0.15) is 11.7 Å². The summed E-state index contributed by atoms with van der Waals surface area (Å²) in [7, 11) is 0. The molecule has 1 atom stereocenters. The van der Waals surface area contributed by atoms with Gasteiger partial charge >= 0.3 is 5.97 Å². The van der Waals surface area contributed by atoms with Gasteiger partial charge in [-0.25, -0.2) is 0 Å². The summed E-state index contributed by atoms with van der Waals surface area (Å²) in [6.07, 6.45) is 1.39. The molecule has 84 valence electrons. The molecule has 1 aromatic carbocycles. The van der Waals surface area contributed by atoms with Crippen LogP contribution in [-0.2, 0) is 9.59 Å². The summed E-state index contributed by atoms with van der Waals surface area (Å²) in [4.78, 5) is 23.1. The molecule has 1 heterocycles. The predicted octanol–water partition coefficient (Wildman–Crippen LogP) is 1.12. The molecule has 0 saturated carbocycles. The maximum atomic E-state index is 11.7. The number of carbonyl (C=O) groups excluding carboxylic acids is 2. The summed E-state index contributed by atoms with van der Waals surface area (Å²) in [6.45, 7) is 0.647. The molecule has 4 nitrogen and oxygen atoms in total. The number of rotatable bonds is 2. The molecular weight excluding hydrogens is 206 g/mol. The second kappa shape index (κ2) is 4.79. The lowest BCUT2D eigenvalue weighted by molar-refractivity contribution is -0.146. The zero-order valence-corrected chi connectivity index (χ0v) is 8.81. The van der Waals surface area contributed by atoms with Crippen LogP contribution in [0.2, 0.25) is 0 Å². The Bertz CT molecular complexity index is 389. The number of benzene rings is 1. The Morgan fingerprint density at radius 1 is 1.31 bits per heavy atom. The van der Waals surface area contributed by atoms with Gasteiger partial charge in [0, 0.05) is 6.54 Å². The molecule has 1 saturated heterocycles. The molecule has 1 amide bonds. The molecule has 4 heteroatoms. The van der Waals surface area contributed by atoms with E-state index in [-0.39, 0.29) is 5.91 Å². The lowest BCUT2D eigenvalue weighted by Gasteiger charge is -2.20. The minimum atomic E-state index is -0.658. The molecular formula is C12H13NO3. The minimum absolute atomic E-state index is 0.229. The van der Waals surface area contributed by atoms with E-state index in [2.05, 4.69) is 5.32 Å². The summed E-state index contributed by atoms with van der Waals surface area (Å²) >= 11 is 0. The van der Waals surface area contributed by atoms with E-state index in [4.69, 9.17) is 4.74 Å². The topological polar surface area (TPSA) is 55.4 Å². The number of hydrogen-bond acceptors (Lipinski definition) is 3. The number of amides is 1. The van der Waals surface area contributed by atoms with Crippen molar-refractivity contribution in [3.63, 3.8) is 0 Å². The van der Waals surface area contributed by atoms with Gasteiger partial charge in [-0.3, -0.25) is 9.59 Å². The van der Waals surface area contributed by atoms with Crippen molar-refractivity contribution in [3.8, 4) is 5.75 Å². The van der Waals surface area contributed by atoms with Gasteiger partial charge in [-0.2, -0.15) is 0 Å². The number of piperidine rings is 1. The predicted molar refractivity (Wildman–Crippen MR) is 57.8 cm³/mol. The number of para-hydroxylation sites is 1. The van der Waals surface area contributed by atoms with Crippen LogP contribution in [0.3, 0.4) is 0 Å². The van der Waals surface area contributed by atoms with Crippen LogP contribution in [0.25, 0.3) is 0 Å². The fourth-order valence-electron chi connectivity index (χ4n) is 1.67. The van der Waals surface area contributed by atoms with Crippen molar-refractivity contribution >= 4 is 11.9 Å². The highest BCUT2D eigenvalue weighted by molar-refractivity contribution is 5.98. The Morgan fingerprint density at radius 2 is 2.06 bits per heavy atom. The van der Waals surface area contributed by atoms with Gasteiger partial charge in [-0.05, 0) is 25.0 Å². The molecule has 0 aliphatic carbocycles. The third-order valence-electron chi connectivity index (χ3n) is 2.53.